The highest BCUT2D eigenvalue weighted by Crippen LogP contribution is 2.20. The summed E-state index contributed by atoms with van der Waals surface area (Å²) in [5.41, 5.74) is 5.97. The van der Waals surface area contributed by atoms with Gasteiger partial charge in [-0.05, 0) is 48.9 Å². The molecule has 1 aromatic heterocycles. The van der Waals surface area contributed by atoms with Crippen LogP contribution in [0.1, 0.15) is 18.2 Å². The number of amides is 1. The van der Waals surface area contributed by atoms with Crippen LogP contribution in [-0.2, 0) is 4.79 Å². The van der Waals surface area contributed by atoms with Gasteiger partial charge in [0.05, 0.1) is 11.7 Å². The first-order valence-electron chi connectivity index (χ1n) is 10.3. The van der Waals surface area contributed by atoms with Gasteiger partial charge in [0.25, 0.3) is 5.91 Å². The van der Waals surface area contributed by atoms with E-state index in [1.54, 1.807) is 6.20 Å². The fourth-order valence-corrected chi connectivity index (χ4v) is 3.66. The third kappa shape index (κ3) is 4.53. The third-order valence-electron chi connectivity index (χ3n) is 5.30. The number of rotatable bonds is 6. The summed E-state index contributed by atoms with van der Waals surface area (Å²) in [4.78, 5) is 12.0. The number of H-pyrrole nitrogens is 1. The second-order valence-electron chi connectivity index (χ2n) is 7.58. The zero-order chi connectivity index (χ0) is 21.0. The Morgan fingerprint density at radius 3 is 2.94 bits per heavy atom. The maximum Gasteiger partial charge on any atom is 0.258 e. The Balaban J connectivity index is 1.11. The van der Waals surface area contributed by atoms with Crippen molar-refractivity contribution < 1.29 is 9.53 Å². The SMILES string of the molecule is O=C(COc1ccc(C2NN=C(Nc3ccc4[nH]ncc4c3)N2)cc1)NC1CCNC1. The fraction of sp³-hybridized carbons (Fsp3) is 0.286. The van der Waals surface area contributed by atoms with E-state index in [9.17, 15) is 4.79 Å². The monoisotopic (exact) mass is 420 g/mol. The zero-order valence-corrected chi connectivity index (χ0v) is 16.8. The topological polar surface area (TPSA) is 127 Å². The van der Waals surface area contributed by atoms with E-state index >= 15 is 0 Å². The molecule has 0 spiro atoms. The lowest BCUT2D eigenvalue weighted by atomic mass is 10.2. The van der Waals surface area contributed by atoms with E-state index in [4.69, 9.17) is 4.74 Å². The first-order valence-corrected chi connectivity index (χ1v) is 10.3. The number of aromatic amines is 1. The lowest BCUT2D eigenvalue weighted by molar-refractivity contribution is -0.123. The van der Waals surface area contributed by atoms with E-state index in [1.807, 2.05) is 42.5 Å². The Bertz CT molecular complexity index is 1090. The number of fused-ring (bicyclic) bond motifs is 1. The molecule has 6 N–H and O–H groups in total. The summed E-state index contributed by atoms with van der Waals surface area (Å²) in [6.07, 6.45) is 2.58. The van der Waals surface area contributed by atoms with E-state index in [0.717, 1.165) is 41.7 Å². The molecule has 2 unspecified atom stereocenters. The van der Waals surface area contributed by atoms with Gasteiger partial charge in [-0.1, -0.05) is 12.1 Å². The van der Waals surface area contributed by atoms with Crippen molar-refractivity contribution in [1.29, 1.82) is 0 Å². The van der Waals surface area contributed by atoms with Crippen LogP contribution < -0.4 is 31.4 Å². The number of carbonyl (C=O) groups excluding carboxylic acids is 1. The Morgan fingerprint density at radius 2 is 2.10 bits per heavy atom. The standard InChI is InChI=1S/C21H24N8O2/c30-19(24-16-7-8-22-11-16)12-31-17-4-1-13(2-5-17)20-26-21(29-28-20)25-15-3-6-18-14(9-15)10-23-27-18/h1-6,9-10,16,20,22,28H,7-8,11-12H2,(H,23,27)(H,24,30)(H2,25,26,29). The largest absolute Gasteiger partial charge is 0.484 e. The van der Waals surface area contributed by atoms with E-state index < -0.39 is 0 Å². The minimum atomic E-state index is -0.160. The molecule has 1 amide bonds. The van der Waals surface area contributed by atoms with Crippen molar-refractivity contribution in [3.63, 3.8) is 0 Å². The molecule has 0 aliphatic carbocycles. The molecule has 1 saturated heterocycles. The first-order chi connectivity index (χ1) is 15.2. The van der Waals surface area contributed by atoms with E-state index in [2.05, 4.69) is 42.0 Å². The average Bonchev–Trinajstić information content (AvgIpc) is 3.55. The van der Waals surface area contributed by atoms with Gasteiger partial charge in [-0.2, -0.15) is 5.10 Å². The number of carbonyl (C=O) groups is 1. The maximum atomic E-state index is 12.0. The van der Waals surface area contributed by atoms with Crippen molar-refractivity contribution in [3.05, 3.63) is 54.2 Å². The number of nitrogens with one attached hydrogen (secondary N) is 6. The molecule has 0 saturated carbocycles. The van der Waals surface area contributed by atoms with Gasteiger partial charge >= 0.3 is 0 Å². The summed E-state index contributed by atoms with van der Waals surface area (Å²) in [7, 11) is 0. The number of hydrazone groups is 1. The van der Waals surface area contributed by atoms with E-state index in [1.165, 1.54) is 0 Å². The molecule has 10 nitrogen and oxygen atoms in total. The van der Waals surface area contributed by atoms with Crippen LogP contribution >= 0.6 is 0 Å². The Morgan fingerprint density at radius 1 is 1.19 bits per heavy atom. The average molecular weight is 420 g/mol. The van der Waals surface area contributed by atoms with Gasteiger partial charge in [0.2, 0.25) is 5.96 Å². The fourth-order valence-electron chi connectivity index (χ4n) is 3.66. The Kier molecular flexibility index (Phi) is 5.28. The van der Waals surface area contributed by atoms with Gasteiger partial charge in [-0.3, -0.25) is 15.3 Å². The number of nitrogens with zero attached hydrogens (tertiary/aromatic N) is 2. The number of aromatic nitrogens is 2. The van der Waals surface area contributed by atoms with Gasteiger partial charge < -0.3 is 26.0 Å². The first kappa shape index (κ1) is 19.2. The van der Waals surface area contributed by atoms with Crippen molar-refractivity contribution in [3.8, 4) is 5.75 Å². The van der Waals surface area contributed by atoms with Crippen molar-refractivity contribution in [2.24, 2.45) is 5.10 Å². The van der Waals surface area contributed by atoms with E-state index in [-0.39, 0.29) is 24.7 Å². The van der Waals surface area contributed by atoms with Crippen LogP contribution in [0.25, 0.3) is 10.9 Å². The molecule has 2 aliphatic rings. The van der Waals surface area contributed by atoms with Crippen molar-refractivity contribution in [2.75, 3.05) is 25.0 Å². The maximum absolute atomic E-state index is 12.0. The molecule has 5 rings (SSSR count). The normalized spacial score (nSPS) is 20.1. The lowest BCUT2D eigenvalue weighted by Gasteiger charge is -2.14. The van der Waals surface area contributed by atoms with Crippen LogP contribution in [0.5, 0.6) is 5.75 Å². The van der Waals surface area contributed by atoms with Gasteiger partial charge in [0, 0.05) is 23.7 Å². The molecular weight excluding hydrogens is 396 g/mol. The van der Waals surface area contributed by atoms with Crippen LogP contribution in [0.4, 0.5) is 5.69 Å². The molecule has 0 bridgehead atoms. The summed E-state index contributed by atoms with van der Waals surface area (Å²) >= 11 is 0. The smallest absolute Gasteiger partial charge is 0.258 e. The molecule has 31 heavy (non-hydrogen) atoms. The molecule has 2 atom stereocenters. The van der Waals surface area contributed by atoms with E-state index in [0.29, 0.717) is 11.7 Å². The summed E-state index contributed by atoms with van der Waals surface area (Å²) in [5, 5.41) is 25.1. The number of anilines is 1. The molecule has 1 fully saturated rings. The molecule has 160 valence electrons. The molecule has 2 aromatic carbocycles. The summed E-state index contributed by atoms with van der Waals surface area (Å²) in [6.45, 7) is 1.77. The summed E-state index contributed by atoms with van der Waals surface area (Å²) in [5.74, 6) is 1.18. The second-order valence-corrected chi connectivity index (χ2v) is 7.58. The molecular formula is C21H24N8O2. The van der Waals surface area contributed by atoms with Crippen molar-refractivity contribution in [1.82, 2.24) is 31.6 Å². The number of hydrogen-bond acceptors (Lipinski definition) is 8. The van der Waals surface area contributed by atoms with Crippen LogP contribution in [0.2, 0.25) is 0 Å². The predicted molar refractivity (Wildman–Crippen MR) is 118 cm³/mol. The van der Waals surface area contributed by atoms with Gasteiger partial charge in [-0.15, -0.1) is 5.10 Å². The predicted octanol–water partition coefficient (Wildman–Crippen LogP) is 0.994. The van der Waals surface area contributed by atoms with Crippen molar-refractivity contribution >= 4 is 28.5 Å². The molecule has 3 heterocycles. The summed E-state index contributed by atoms with van der Waals surface area (Å²) < 4.78 is 5.60. The quantitative estimate of drug-likeness (QED) is 0.351. The number of hydrogen-bond donors (Lipinski definition) is 6. The van der Waals surface area contributed by atoms with Gasteiger partial charge in [-0.25, -0.2) is 0 Å². The highest BCUT2D eigenvalue weighted by molar-refractivity contribution is 5.96. The highest BCUT2D eigenvalue weighted by atomic mass is 16.5. The Labute approximate surface area is 178 Å². The number of benzene rings is 2. The molecule has 3 aromatic rings. The summed E-state index contributed by atoms with van der Waals surface area (Å²) in [6, 6.07) is 13.7. The lowest BCUT2D eigenvalue weighted by Crippen LogP contribution is -2.39. The number of ether oxygens (including phenoxy) is 1. The van der Waals surface area contributed by atoms with Gasteiger partial charge in [0.15, 0.2) is 6.61 Å². The van der Waals surface area contributed by atoms with Crippen LogP contribution in [0.3, 0.4) is 0 Å². The number of guanidine groups is 1. The Hall–Kier alpha value is -3.79. The van der Waals surface area contributed by atoms with Gasteiger partial charge in [0.1, 0.15) is 11.9 Å². The molecule has 10 heteroatoms. The molecule has 2 aliphatic heterocycles. The second kappa shape index (κ2) is 8.52. The minimum absolute atomic E-state index is 0.00790. The third-order valence-corrected chi connectivity index (χ3v) is 5.30. The zero-order valence-electron chi connectivity index (χ0n) is 16.8. The van der Waals surface area contributed by atoms with Crippen LogP contribution in [-0.4, -0.2) is 47.8 Å². The van der Waals surface area contributed by atoms with Crippen molar-refractivity contribution in [2.45, 2.75) is 18.6 Å². The molecule has 0 radical (unpaired) electrons. The van der Waals surface area contributed by atoms with Crippen LogP contribution in [0, 0.1) is 0 Å². The minimum Gasteiger partial charge on any atom is -0.484 e. The van der Waals surface area contributed by atoms with Crippen LogP contribution in [0.15, 0.2) is 53.8 Å². The highest BCUT2D eigenvalue weighted by Gasteiger charge is 2.19.